The molecule has 3 fully saturated rings. The second-order valence-corrected chi connectivity index (χ2v) is 8.57. The van der Waals surface area contributed by atoms with Crippen molar-refractivity contribution in [2.45, 2.75) is 31.2 Å². The number of urea groups is 1. The summed E-state index contributed by atoms with van der Waals surface area (Å²) in [5.74, 6) is 0.365. The number of carbonyl (C=O) groups excluding carboxylic acids is 3. The van der Waals surface area contributed by atoms with Gasteiger partial charge >= 0.3 is 6.03 Å². The Morgan fingerprint density at radius 3 is 2.40 bits per heavy atom. The predicted molar refractivity (Wildman–Crippen MR) is 111 cm³/mol. The highest BCUT2D eigenvalue weighted by Crippen LogP contribution is 2.35. The van der Waals surface area contributed by atoms with Crippen molar-refractivity contribution in [3.63, 3.8) is 0 Å². The molecule has 2 saturated heterocycles. The summed E-state index contributed by atoms with van der Waals surface area (Å²) in [6.45, 7) is 3.77. The molecule has 2 heterocycles. The van der Waals surface area contributed by atoms with Crippen molar-refractivity contribution in [3.8, 4) is 5.75 Å². The van der Waals surface area contributed by atoms with E-state index in [1.165, 1.54) is 0 Å². The molecule has 30 heavy (non-hydrogen) atoms. The molecule has 0 bridgehead atoms. The Morgan fingerprint density at radius 2 is 1.73 bits per heavy atom. The van der Waals surface area contributed by atoms with Crippen molar-refractivity contribution in [3.05, 3.63) is 29.3 Å². The Morgan fingerprint density at radius 1 is 1.07 bits per heavy atom. The van der Waals surface area contributed by atoms with E-state index >= 15 is 0 Å². The lowest BCUT2D eigenvalue weighted by molar-refractivity contribution is -0.139. The van der Waals surface area contributed by atoms with Crippen LogP contribution in [0.4, 0.5) is 4.79 Å². The minimum atomic E-state index is -0.764. The van der Waals surface area contributed by atoms with E-state index in [9.17, 15) is 14.4 Å². The average Bonchev–Trinajstić information content (AvgIpc) is 3.30. The highest BCUT2D eigenvalue weighted by atomic mass is 35.5. The van der Waals surface area contributed by atoms with Gasteiger partial charge in [0.15, 0.2) is 0 Å². The van der Waals surface area contributed by atoms with E-state index in [1.807, 2.05) is 12.1 Å². The summed E-state index contributed by atoms with van der Waals surface area (Å²) < 4.78 is 5.73. The molecule has 1 aliphatic carbocycles. The van der Waals surface area contributed by atoms with E-state index in [0.717, 1.165) is 43.1 Å². The van der Waals surface area contributed by atoms with Crippen LogP contribution < -0.4 is 10.1 Å². The molecule has 0 unspecified atom stereocenters. The fraction of sp³-hybridized carbons (Fsp3) is 0.571. The van der Waals surface area contributed by atoms with Crippen molar-refractivity contribution in [1.29, 1.82) is 0 Å². The topological polar surface area (TPSA) is 82.2 Å². The number of benzene rings is 1. The van der Waals surface area contributed by atoms with Crippen molar-refractivity contribution in [2.75, 3.05) is 45.9 Å². The Hall–Kier alpha value is -2.32. The summed E-state index contributed by atoms with van der Waals surface area (Å²) >= 11 is 5.87. The summed E-state index contributed by atoms with van der Waals surface area (Å²) in [7, 11) is 0. The van der Waals surface area contributed by atoms with E-state index in [0.29, 0.717) is 37.6 Å². The summed E-state index contributed by atoms with van der Waals surface area (Å²) in [5.41, 5.74) is -0.764. The molecule has 9 heteroatoms. The van der Waals surface area contributed by atoms with Gasteiger partial charge in [0.2, 0.25) is 5.91 Å². The molecule has 1 N–H and O–H groups in total. The summed E-state index contributed by atoms with van der Waals surface area (Å²) in [4.78, 5) is 42.7. The second kappa shape index (κ2) is 8.81. The predicted octanol–water partition coefficient (Wildman–Crippen LogP) is 1.73. The molecule has 4 rings (SSSR count). The number of ether oxygens (including phenoxy) is 1. The van der Waals surface area contributed by atoms with Gasteiger partial charge in [0, 0.05) is 37.7 Å². The Labute approximate surface area is 181 Å². The summed E-state index contributed by atoms with van der Waals surface area (Å²) in [6, 6.07) is 6.82. The van der Waals surface area contributed by atoms with Gasteiger partial charge in [-0.2, -0.15) is 0 Å². The van der Waals surface area contributed by atoms with Crippen LogP contribution in [0.2, 0.25) is 5.02 Å². The van der Waals surface area contributed by atoms with Gasteiger partial charge < -0.3 is 15.0 Å². The minimum Gasteiger partial charge on any atom is -0.492 e. The normalized spacial score (nSPS) is 21.4. The van der Waals surface area contributed by atoms with E-state index in [4.69, 9.17) is 16.3 Å². The zero-order valence-corrected chi connectivity index (χ0v) is 17.7. The van der Waals surface area contributed by atoms with Crippen LogP contribution in [-0.2, 0) is 9.59 Å². The van der Waals surface area contributed by atoms with Crippen molar-refractivity contribution < 1.29 is 19.1 Å². The molecule has 2 aliphatic heterocycles. The monoisotopic (exact) mass is 434 g/mol. The van der Waals surface area contributed by atoms with Gasteiger partial charge in [-0.15, -0.1) is 0 Å². The largest absolute Gasteiger partial charge is 0.492 e. The smallest absolute Gasteiger partial charge is 0.325 e. The Balaban J connectivity index is 1.20. The molecular formula is C21H27ClN4O4. The number of nitrogens with one attached hydrogen (secondary N) is 1. The molecule has 3 aliphatic rings. The zero-order chi connectivity index (χ0) is 21.1. The van der Waals surface area contributed by atoms with Gasteiger partial charge in [0.25, 0.3) is 5.91 Å². The standard InChI is InChI=1S/C21H27ClN4O4/c22-16-3-5-17(6-4-16)30-14-13-24-9-11-25(12-10-24)18(27)15-26-19(28)21(23-20(26)29)7-1-2-8-21/h3-6H,1-2,7-15H2,(H,23,29). The maximum Gasteiger partial charge on any atom is 0.325 e. The number of nitrogens with zero attached hydrogens (tertiary/aromatic N) is 3. The fourth-order valence-corrected chi connectivity index (χ4v) is 4.54. The van der Waals surface area contributed by atoms with Crippen LogP contribution in [0.3, 0.4) is 0 Å². The fourth-order valence-electron chi connectivity index (χ4n) is 4.42. The van der Waals surface area contributed by atoms with Crippen LogP contribution >= 0.6 is 11.6 Å². The molecule has 4 amide bonds. The first-order chi connectivity index (χ1) is 14.5. The van der Waals surface area contributed by atoms with Crippen LogP contribution in [0.1, 0.15) is 25.7 Å². The maximum absolute atomic E-state index is 12.7. The van der Waals surface area contributed by atoms with Gasteiger partial charge in [-0.05, 0) is 37.1 Å². The molecule has 1 aromatic carbocycles. The molecule has 1 aromatic rings. The van der Waals surface area contributed by atoms with Crippen molar-refractivity contribution in [2.24, 2.45) is 0 Å². The lowest BCUT2D eigenvalue weighted by atomic mass is 9.98. The number of amides is 4. The third kappa shape index (κ3) is 4.39. The molecule has 0 aromatic heterocycles. The van der Waals surface area contributed by atoms with E-state index < -0.39 is 11.6 Å². The lowest BCUT2D eigenvalue weighted by Gasteiger charge is -2.35. The van der Waals surface area contributed by atoms with Crippen LogP contribution in [0.15, 0.2) is 24.3 Å². The molecule has 1 spiro atoms. The summed E-state index contributed by atoms with van der Waals surface area (Å²) in [6.07, 6.45) is 3.19. The van der Waals surface area contributed by atoms with Crippen LogP contribution in [-0.4, -0.2) is 84.0 Å². The van der Waals surface area contributed by atoms with E-state index in [-0.39, 0.29) is 18.4 Å². The van der Waals surface area contributed by atoms with E-state index in [2.05, 4.69) is 10.2 Å². The number of hydrogen-bond acceptors (Lipinski definition) is 5. The number of rotatable bonds is 6. The summed E-state index contributed by atoms with van der Waals surface area (Å²) in [5, 5.41) is 3.50. The Bertz CT molecular complexity index is 802. The van der Waals surface area contributed by atoms with Gasteiger partial charge in [-0.25, -0.2) is 4.79 Å². The number of piperazine rings is 1. The zero-order valence-electron chi connectivity index (χ0n) is 16.9. The van der Waals surface area contributed by atoms with Crippen LogP contribution in [0, 0.1) is 0 Å². The SMILES string of the molecule is O=C(CN1C(=O)NC2(CCCC2)C1=O)N1CCN(CCOc2ccc(Cl)cc2)CC1. The first-order valence-corrected chi connectivity index (χ1v) is 10.9. The van der Waals surface area contributed by atoms with Gasteiger partial charge in [-0.1, -0.05) is 24.4 Å². The highest BCUT2D eigenvalue weighted by molar-refractivity contribution is 6.30. The first-order valence-electron chi connectivity index (χ1n) is 10.5. The number of imide groups is 1. The highest BCUT2D eigenvalue weighted by Gasteiger charge is 2.52. The van der Waals surface area contributed by atoms with Gasteiger partial charge in [0.05, 0.1) is 0 Å². The molecule has 1 saturated carbocycles. The second-order valence-electron chi connectivity index (χ2n) is 8.14. The van der Waals surface area contributed by atoms with Crippen molar-refractivity contribution >= 4 is 29.4 Å². The maximum atomic E-state index is 12.7. The first kappa shape index (κ1) is 20.9. The molecule has 0 radical (unpaired) electrons. The average molecular weight is 435 g/mol. The minimum absolute atomic E-state index is 0.175. The van der Waals surface area contributed by atoms with Crippen LogP contribution in [0.25, 0.3) is 0 Å². The molecule has 162 valence electrons. The van der Waals surface area contributed by atoms with Crippen LogP contribution in [0.5, 0.6) is 5.75 Å². The van der Waals surface area contributed by atoms with Gasteiger partial charge in [-0.3, -0.25) is 19.4 Å². The Kier molecular flexibility index (Phi) is 6.15. The molecule has 8 nitrogen and oxygen atoms in total. The number of halogens is 1. The van der Waals surface area contributed by atoms with E-state index in [1.54, 1.807) is 17.0 Å². The third-order valence-corrected chi connectivity index (χ3v) is 6.46. The third-order valence-electron chi connectivity index (χ3n) is 6.21. The molecular weight excluding hydrogens is 408 g/mol. The van der Waals surface area contributed by atoms with Gasteiger partial charge in [0.1, 0.15) is 24.4 Å². The van der Waals surface area contributed by atoms with Crippen molar-refractivity contribution in [1.82, 2.24) is 20.0 Å². The lowest BCUT2D eigenvalue weighted by Crippen LogP contribution is -2.52. The number of hydrogen-bond donors (Lipinski definition) is 1. The number of carbonyl (C=O) groups is 3. The molecule has 0 atom stereocenters. The quantitative estimate of drug-likeness (QED) is 0.689.